The number of nitrogens with zero attached hydrogens (tertiary/aromatic N) is 1. The Balaban J connectivity index is 2.78. The molecule has 0 saturated heterocycles. The molecular formula is C13H12F2N2O. The third kappa shape index (κ3) is 2.03. The van der Waals surface area contributed by atoms with Gasteiger partial charge in [-0.25, -0.2) is 13.8 Å². The van der Waals surface area contributed by atoms with E-state index in [9.17, 15) is 13.6 Å². The first-order valence-corrected chi connectivity index (χ1v) is 5.58. The number of hydrogen-bond acceptors (Lipinski definition) is 2. The first kappa shape index (κ1) is 12.4. The molecule has 0 aliphatic rings. The van der Waals surface area contributed by atoms with E-state index in [-0.39, 0.29) is 22.4 Å². The molecule has 1 aromatic carbocycles. The molecule has 0 saturated carbocycles. The van der Waals surface area contributed by atoms with Crippen molar-refractivity contribution in [2.45, 2.75) is 20.3 Å². The summed E-state index contributed by atoms with van der Waals surface area (Å²) in [6.45, 7) is 3.29. The maximum atomic E-state index is 13.7. The molecule has 2 aromatic rings. The van der Waals surface area contributed by atoms with Gasteiger partial charge in [0.25, 0.3) is 5.56 Å². The second-order valence-electron chi connectivity index (χ2n) is 3.94. The van der Waals surface area contributed by atoms with Gasteiger partial charge < -0.3 is 4.98 Å². The van der Waals surface area contributed by atoms with Crippen LogP contribution in [-0.2, 0) is 6.42 Å². The second-order valence-corrected chi connectivity index (χ2v) is 3.94. The Hall–Kier alpha value is -2.04. The van der Waals surface area contributed by atoms with E-state index in [1.807, 2.05) is 0 Å². The molecule has 3 nitrogen and oxygen atoms in total. The lowest BCUT2D eigenvalue weighted by molar-refractivity contribution is 0.588. The lowest BCUT2D eigenvalue weighted by Crippen LogP contribution is -2.16. The average molecular weight is 250 g/mol. The highest BCUT2D eigenvalue weighted by Crippen LogP contribution is 2.25. The molecule has 5 heteroatoms. The van der Waals surface area contributed by atoms with Crippen molar-refractivity contribution in [2.24, 2.45) is 0 Å². The average Bonchev–Trinajstić information content (AvgIpc) is 2.33. The molecule has 0 amide bonds. The molecule has 0 atom stereocenters. The molecule has 18 heavy (non-hydrogen) atoms. The van der Waals surface area contributed by atoms with Crippen LogP contribution in [0.15, 0.2) is 23.0 Å². The molecule has 0 spiro atoms. The standard InChI is InChI=1S/C13H12F2N2O/c1-3-10-16-12(7(2)13(18)17-10)11-8(14)5-4-6-9(11)15/h4-6H,3H2,1-2H3,(H,16,17,18). The van der Waals surface area contributed by atoms with E-state index in [4.69, 9.17) is 0 Å². The van der Waals surface area contributed by atoms with Crippen molar-refractivity contribution >= 4 is 0 Å². The molecule has 1 aromatic heterocycles. The van der Waals surface area contributed by atoms with E-state index >= 15 is 0 Å². The Morgan fingerprint density at radius 1 is 1.28 bits per heavy atom. The van der Waals surface area contributed by atoms with Crippen molar-refractivity contribution in [3.05, 3.63) is 51.6 Å². The third-order valence-electron chi connectivity index (χ3n) is 2.73. The molecule has 0 unspecified atom stereocenters. The summed E-state index contributed by atoms with van der Waals surface area (Å²) in [5.74, 6) is -1.04. The molecule has 1 heterocycles. The molecule has 0 aliphatic heterocycles. The fourth-order valence-electron chi connectivity index (χ4n) is 1.71. The topological polar surface area (TPSA) is 45.8 Å². The van der Waals surface area contributed by atoms with Gasteiger partial charge in [0, 0.05) is 12.0 Å². The highest BCUT2D eigenvalue weighted by atomic mass is 19.1. The van der Waals surface area contributed by atoms with Crippen LogP contribution < -0.4 is 5.56 Å². The Morgan fingerprint density at radius 3 is 2.44 bits per heavy atom. The monoisotopic (exact) mass is 250 g/mol. The van der Waals surface area contributed by atoms with Gasteiger partial charge in [0.15, 0.2) is 0 Å². The lowest BCUT2D eigenvalue weighted by atomic mass is 10.1. The number of nitrogens with one attached hydrogen (secondary N) is 1. The lowest BCUT2D eigenvalue weighted by Gasteiger charge is -2.08. The van der Waals surface area contributed by atoms with E-state index in [0.29, 0.717) is 12.2 Å². The maximum absolute atomic E-state index is 13.7. The maximum Gasteiger partial charge on any atom is 0.254 e. The molecule has 0 aliphatic carbocycles. The minimum Gasteiger partial charge on any atom is -0.310 e. The van der Waals surface area contributed by atoms with Gasteiger partial charge in [-0.3, -0.25) is 4.79 Å². The first-order chi connectivity index (χ1) is 8.54. The van der Waals surface area contributed by atoms with Gasteiger partial charge in [0.2, 0.25) is 0 Å². The highest BCUT2D eigenvalue weighted by molar-refractivity contribution is 5.63. The summed E-state index contributed by atoms with van der Waals surface area (Å²) >= 11 is 0. The van der Waals surface area contributed by atoms with Crippen LogP contribution in [0.25, 0.3) is 11.3 Å². The number of aryl methyl sites for hydroxylation is 1. The van der Waals surface area contributed by atoms with E-state index in [1.165, 1.54) is 13.0 Å². The Kier molecular flexibility index (Phi) is 3.23. The van der Waals surface area contributed by atoms with Gasteiger partial charge in [-0.1, -0.05) is 13.0 Å². The summed E-state index contributed by atoms with van der Waals surface area (Å²) in [4.78, 5) is 18.3. The zero-order valence-corrected chi connectivity index (χ0v) is 10.1. The van der Waals surface area contributed by atoms with Crippen LogP contribution in [0.1, 0.15) is 18.3 Å². The molecule has 0 fully saturated rings. The third-order valence-corrected chi connectivity index (χ3v) is 2.73. The van der Waals surface area contributed by atoms with E-state index < -0.39 is 11.6 Å². The Bertz CT molecular complexity index is 630. The summed E-state index contributed by atoms with van der Waals surface area (Å²) < 4.78 is 27.4. The molecule has 94 valence electrons. The summed E-state index contributed by atoms with van der Waals surface area (Å²) in [6, 6.07) is 3.57. The van der Waals surface area contributed by atoms with Gasteiger partial charge in [-0.05, 0) is 19.1 Å². The minimum atomic E-state index is -0.724. The van der Waals surface area contributed by atoms with Crippen LogP contribution in [0.5, 0.6) is 0 Å². The number of aromatic amines is 1. The Labute approximate surface area is 103 Å². The summed E-state index contributed by atoms with van der Waals surface area (Å²) in [5, 5.41) is 0. The van der Waals surface area contributed by atoms with Crippen molar-refractivity contribution in [2.75, 3.05) is 0 Å². The summed E-state index contributed by atoms with van der Waals surface area (Å²) in [6.07, 6.45) is 0.485. The summed E-state index contributed by atoms with van der Waals surface area (Å²) in [7, 11) is 0. The summed E-state index contributed by atoms with van der Waals surface area (Å²) in [5.41, 5.74) is -0.363. The molecule has 2 rings (SSSR count). The van der Waals surface area contributed by atoms with E-state index in [0.717, 1.165) is 12.1 Å². The minimum absolute atomic E-state index is 0.0613. The van der Waals surface area contributed by atoms with Crippen LogP contribution in [0.3, 0.4) is 0 Å². The van der Waals surface area contributed by atoms with Gasteiger partial charge >= 0.3 is 0 Å². The molecule has 1 N–H and O–H groups in total. The fraction of sp³-hybridized carbons (Fsp3) is 0.231. The largest absolute Gasteiger partial charge is 0.310 e. The van der Waals surface area contributed by atoms with E-state index in [1.54, 1.807) is 6.92 Å². The zero-order chi connectivity index (χ0) is 13.3. The number of benzene rings is 1. The van der Waals surface area contributed by atoms with Crippen molar-refractivity contribution < 1.29 is 8.78 Å². The normalized spacial score (nSPS) is 10.7. The van der Waals surface area contributed by atoms with Crippen LogP contribution in [-0.4, -0.2) is 9.97 Å². The van der Waals surface area contributed by atoms with Crippen molar-refractivity contribution in [3.8, 4) is 11.3 Å². The number of H-pyrrole nitrogens is 1. The molecule has 0 radical (unpaired) electrons. The van der Waals surface area contributed by atoms with Crippen LogP contribution in [0, 0.1) is 18.6 Å². The quantitative estimate of drug-likeness (QED) is 0.890. The van der Waals surface area contributed by atoms with Crippen LogP contribution in [0.4, 0.5) is 8.78 Å². The first-order valence-electron chi connectivity index (χ1n) is 5.58. The number of rotatable bonds is 2. The predicted molar refractivity (Wildman–Crippen MR) is 64.3 cm³/mol. The van der Waals surface area contributed by atoms with Crippen molar-refractivity contribution in [1.29, 1.82) is 0 Å². The number of hydrogen-bond donors (Lipinski definition) is 1. The number of halogens is 2. The van der Waals surface area contributed by atoms with Gasteiger partial charge in [-0.15, -0.1) is 0 Å². The second kappa shape index (κ2) is 4.68. The number of aromatic nitrogens is 2. The van der Waals surface area contributed by atoms with Crippen molar-refractivity contribution in [1.82, 2.24) is 9.97 Å². The fourth-order valence-corrected chi connectivity index (χ4v) is 1.71. The van der Waals surface area contributed by atoms with Crippen molar-refractivity contribution in [3.63, 3.8) is 0 Å². The smallest absolute Gasteiger partial charge is 0.254 e. The molecular weight excluding hydrogens is 238 g/mol. The highest BCUT2D eigenvalue weighted by Gasteiger charge is 2.17. The van der Waals surface area contributed by atoms with E-state index in [2.05, 4.69) is 9.97 Å². The van der Waals surface area contributed by atoms with Crippen LogP contribution in [0.2, 0.25) is 0 Å². The Morgan fingerprint density at radius 2 is 1.89 bits per heavy atom. The molecule has 0 bridgehead atoms. The predicted octanol–water partition coefficient (Wildman–Crippen LogP) is 2.59. The SMILES string of the molecule is CCc1nc(-c2c(F)cccc2F)c(C)c(=O)[nH]1. The zero-order valence-electron chi connectivity index (χ0n) is 10.1. The van der Waals surface area contributed by atoms with Gasteiger partial charge in [-0.2, -0.15) is 0 Å². The van der Waals surface area contributed by atoms with Crippen LogP contribution >= 0.6 is 0 Å². The van der Waals surface area contributed by atoms with Gasteiger partial charge in [0.1, 0.15) is 17.5 Å². The van der Waals surface area contributed by atoms with Gasteiger partial charge in [0.05, 0.1) is 11.3 Å².